The average molecular weight is 490 g/mol. The van der Waals surface area contributed by atoms with Crippen LogP contribution < -0.4 is 10.2 Å². The summed E-state index contributed by atoms with van der Waals surface area (Å²) in [6, 6.07) is 14.1. The number of carbonyl (C=O) groups excluding carboxylic acids is 1. The summed E-state index contributed by atoms with van der Waals surface area (Å²) < 4.78 is 14.2. The van der Waals surface area contributed by atoms with E-state index in [0.29, 0.717) is 18.8 Å². The number of halogens is 2. The molecule has 0 aromatic heterocycles. The lowest BCUT2D eigenvalue weighted by atomic mass is 10.2. The molecule has 2 aromatic carbocycles. The number of piperazine rings is 1. The van der Waals surface area contributed by atoms with Gasteiger partial charge in [-0.1, -0.05) is 0 Å². The molecule has 0 saturated carbocycles. The SMILES string of the molecule is Cc1cc(I)ccc1NC(=O)/C(C#N)=C\N1CCN(c2ccc(F)cc2)CC1. The third-order valence-corrected chi connectivity index (χ3v) is 5.29. The first-order valence-corrected chi connectivity index (χ1v) is 9.98. The van der Waals surface area contributed by atoms with E-state index in [2.05, 4.69) is 32.8 Å². The third kappa shape index (κ3) is 5.01. The predicted octanol–water partition coefficient (Wildman–Crippen LogP) is 3.91. The van der Waals surface area contributed by atoms with Crippen molar-refractivity contribution in [2.45, 2.75) is 6.92 Å². The monoisotopic (exact) mass is 490 g/mol. The van der Waals surface area contributed by atoms with Crippen LogP contribution in [0.5, 0.6) is 0 Å². The van der Waals surface area contributed by atoms with Gasteiger partial charge in [0.1, 0.15) is 17.5 Å². The number of nitrogens with one attached hydrogen (secondary N) is 1. The zero-order valence-electron chi connectivity index (χ0n) is 15.5. The van der Waals surface area contributed by atoms with E-state index in [4.69, 9.17) is 0 Å². The van der Waals surface area contributed by atoms with Crippen LogP contribution in [0.2, 0.25) is 0 Å². The molecule has 0 unspecified atom stereocenters. The summed E-state index contributed by atoms with van der Waals surface area (Å²) in [5.41, 5.74) is 2.70. The van der Waals surface area contributed by atoms with Crippen LogP contribution in [-0.2, 0) is 4.79 Å². The summed E-state index contributed by atoms with van der Waals surface area (Å²) in [6.07, 6.45) is 1.62. The summed E-state index contributed by atoms with van der Waals surface area (Å²) in [5, 5.41) is 12.2. The Morgan fingerprint density at radius 3 is 2.46 bits per heavy atom. The molecule has 1 aliphatic rings. The molecule has 0 radical (unpaired) electrons. The van der Waals surface area contributed by atoms with Gasteiger partial charge < -0.3 is 15.1 Å². The number of anilines is 2. The van der Waals surface area contributed by atoms with Gasteiger partial charge in [-0.2, -0.15) is 5.26 Å². The van der Waals surface area contributed by atoms with Crippen molar-refractivity contribution >= 4 is 39.9 Å². The molecule has 1 saturated heterocycles. The lowest BCUT2D eigenvalue weighted by molar-refractivity contribution is -0.112. The summed E-state index contributed by atoms with van der Waals surface area (Å²) >= 11 is 2.21. The summed E-state index contributed by atoms with van der Waals surface area (Å²) in [5.74, 6) is -0.661. The van der Waals surface area contributed by atoms with Crippen LogP contribution in [0.15, 0.2) is 54.2 Å². The number of nitriles is 1. The van der Waals surface area contributed by atoms with Crippen molar-refractivity contribution in [3.05, 3.63) is 69.2 Å². The Kier molecular flexibility index (Phi) is 6.52. The van der Waals surface area contributed by atoms with Gasteiger partial charge in [0, 0.05) is 47.3 Å². The summed E-state index contributed by atoms with van der Waals surface area (Å²) in [6.45, 7) is 4.75. The number of benzene rings is 2. The van der Waals surface area contributed by atoms with Crippen molar-refractivity contribution in [2.75, 3.05) is 36.4 Å². The van der Waals surface area contributed by atoms with Gasteiger partial charge >= 0.3 is 0 Å². The minimum Gasteiger partial charge on any atom is -0.373 e. The van der Waals surface area contributed by atoms with Crippen LogP contribution in [0.1, 0.15) is 5.56 Å². The normalized spacial score (nSPS) is 14.6. The van der Waals surface area contributed by atoms with Crippen LogP contribution >= 0.6 is 22.6 Å². The van der Waals surface area contributed by atoms with E-state index >= 15 is 0 Å². The van der Waals surface area contributed by atoms with Gasteiger partial charge in [-0.3, -0.25) is 4.79 Å². The summed E-state index contributed by atoms with van der Waals surface area (Å²) in [4.78, 5) is 16.6. The quantitative estimate of drug-likeness (QED) is 0.401. The number of aryl methyl sites for hydroxylation is 1. The maximum Gasteiger partial charge on any atom is 0.267 e. The second-order valence-corrected chi connectivity index (χ2v) is 7.81. The highest BCUT2D eigenvalue weighted by Crippen LogP contribution is 2.19. The lowest BCUT2D eigenvalue weighted by Gasteiger charge is -2.35. The van der Waals surface area contributed by atoms with Crippen molar-refractivity contribution in [3.63, 3.8) is 0 Å². The summed E-state index contributed by atoms with van der Waals surface area (Å²) in [7, 11) is 0. The van der Waals surface area contributed by atoms with Crippen molar-refractivity contribution in [1.82, 2.24) is 4.90 Å². The fourth-order valence-electron chi connectivity index (χ4n) is 3.04. The second kappa shape index (κ2) is 9.06. The predicted molar refractivity (Wildman–Crippen MR) is 116 cm³/mol. The minimum atomic E-state index is -0.409. The van der Waals surface area contributed by atoms with E-state index in [1.807, 2.05) is 36.1 Å². The molecule has 28 heavy (non-hydrogen) atoms. The van der Waals surface area contributed by atoms with E-state index in [0.717, 1.165) is 27.9 Å². The minimum absolute atomic E-state index is 0.0770. The third-order valence-electron chi connectivity index (χ3n) is 4.62. The van der Waals surface area contributed by atoms with Crippen LogP contribution in [0.25, 0.3) is 0 Å². The van der Waals surface area contributed by atoms with E-state index < -0.39 is 5.91 Å². The molecule has 5 nitrogen and oxygen atoms in total. The van der Waals surface area contributed by atoms with Crippen molar-refractivity contribution in [1.29, 1.82) is 5.26 Å². The first kappa shape index (κ1) is 20.1. The van der Waals surface area contributed by atoms with Gasteiger partial charge in [0.25, 0.3) is 5.91 Å². The van der Waals surface area contributed by atoms with Crippen LogP contribution in [0.3, 0.4) is 0 Å². The molecular formula is C21H20FIN4O. The van der Waals surface area contributed by atoms with E-state index in [1.54, 1.807) is 18.3 Å². The molecule has 1 heterocycles. The molecule has 1 N–H and O–H groups in total. The van der Waals surface area contributed by atoms with Crippen molar-refractivity contribution < 1.29 is 9.18 Å². The fraction of sp³-hybridized carbons (Fsp3) is 0.238. The molecule has 7 heteroatoms. The molecule has 0 spiro atoms. The largest absolute Gasteiger partial charge is 0.373 e. The number of nitrogens with zero attached hydrogens (tertiary/aromatic N) is 3. The fourth-order valence-corrected chi connectivity index (χ4v) is 3.69. The van der Waals surface area contributed by atoms with Crippen molar-refractivity contribution in [3.8, 4) is 6.07 Å². The van der Waals surface area contributed by atoms with Gasteiger partial charge in [-0.05, 0) is 77.5 Å². The Morgan fingerprint density at radius 2 is 1.86 bits per heavy atom. The standard InChI is InChI=1S/C21H20FIN4O/c1-15-12-18(23)4-7-20(15)25-21(28)16(13-24)14-26-8-10-27(11-9-26)19-5-2-17(22)3-6-19/h2-7,12,14H,8-11H2,1H3,(H,25,28)/b16-14-. The molecule has 0 aliphatic carbocycles. The lowest BCUT2D eigenvalue weighted by Crippen LogP contribution is -2.44. The zero-order valence-corrected chi connectivity index (χ0v) is 17.6. The highest BCUT2D eigenvalue weighted by atomic mass is 127. The van der Waals surface area contributed by atoms with Crippen LogP contribution in [-0.4, -0.2) is 37.0 Å². The maximum absolute atomic E-state index is 13.1. The first-order chi connectivity index (χ1) is 13.5. The number of hydrogen-bond donors (Lipinski definition) is 1. The molecule has 1 aliphatic heterocycles. The van der Waals surface area contributed by atoms with Gasteiger partial charge in [0.2, 0.25) is 0 Å². The molecule has 0 atom stereocenters. The molecule has 0 bridgehead atoms. The first-order valence-electron chi connectivity index (χ1n) is 8.90. The Morgan fingerprint density at radius 1 is 1.18 bits per heavy atom. The van der Waals surface area contributed by atoms with E-state index in [-0.39, 0.29) is 11.4 Å². The van der Waals surface area contributed by atoms with Crippen LogP contribution in [0.4, 0.5) is 15.8 Å². The molecule has 3 rings (SSSR count). The van der Waals surface area contributed by atoms with Gasteiger partial charge in [0.15, 0.2) is 0 Å². The number of amides is 1. The second-order valence-electron chi connectivity index (χ2n) is 6.57. The molecule has 1 fully saturated rings. The van der Waals surface area contributed by atoms with E-state index in [9.17, 15) is 14.4 Å². The number of rotatable bonds is 4. The average Bonchev–Trinajstić information content (AvgIpc) is 2.69. The highest BCUT2D eigenvalue weighted by molar-refractivity contribution is 14.1. The van der Waals surface area contributed by atoms with Gasteiger partial charge in [-0.25, -0.2) is 4.39 Å². The maximum atomic E-state index is 13.1. The molecule has 144 valence electrons. The van der Waals surface area contributed by atoms with Crippen molar-refractivity contribution in [2.24, 2.45) is 0 Å². The Balaban J connectivity index is 1.62. The molecule has 1 amide bonds. The topological polar surface area (TPSA) is 59.4 Å². The number of carbonyl (C=O) groups is 1. The van der Waals surface area contributed by atoms with Gasteiger partial charge in [0.05, 0.1) is 0 Å². The highest BCUT2D eigenvalue weighted by Gasteiger charge is 2.18. The van der Waals surface area contributed by atoms with Gasteiger partial charge in [-0.15, -0.1) is 0 Å². The Hall–Kier alpha value is -2.60. The van der Waals surface area contributed by atoms with E-state index in [1.165, 1.54) is 12.1 Å². The number of hydrogen-bond acceptors (Lipinski definition) is 4. The molecular weight excluding hydrogens is 470 g/mol. The zero-order chi connectivity index (χ0) is 20.1. The van der Waals surface area contributed by atoms with Crippen LogP contribution in [0, 0.1) is 27.6 Å². The Bertz CT molecular complexity index is 928. The smallest absolute Gasteiger partial charge is 0.267 e. The molecule has 2 aromatic rings. The Labute approximate surface area is 177 Å².